The maximum atomic E-state index is 12.2. The maximum absolute atomic E-state index is 12.2. The molecule has 0 radical (unpaired) electrons. The SMILES string of the molecule is CC(C)NC(=O)c1cccc2nc3ccccc3nc12. The van der Waals surface area contributed by atoms with Gasteiger partial charge in [-0.15, -0.1) is 0 Å². The zero-order chi connectivity index (χ0) is 14.1. The number of amides is 1. The van der Waals surface area contributed by atoms with E-state index < -0.39 is 0 Å². The van der Waals surface area contributed by atoms with Crippen LogP contribution in [0.25, 0.3) is 22.1 Å². The topological polar surface area (TPSA) is 54.9 Å². The lowest BCUT2D eigenvalue weighted by Crippen LogP contribution is -2.30. The first kappa shape index (κ1) is 12.5. The molecule has 1 aromatic heterocycles. The number of benzene rings is 2. The molecular formula is C16H15N3O. The molecule has 2 aromatic carbocycles. The Bertz CT molecular complexity index is 796. The van der Waals surface area contributed by atoms with Gasteiger partial charge < -0.3 is 5.32 Å². The fourth-order valence-corrected chi connectivity index (χ4v) is 2.17. The second kappa shape index (κ2) is 4.89. The molecule has 0 aliphatic heterocycles. The van der Waals surface area contributed by atoms with Crippen molar-refractivity contribution in [3.8, 4) is 0 Å². The van der Waals surface area contributed by atoms with E-state index in [1.165, 1.54) is 0 Å². The van der Waals surface area contributed by atoms with Crippen molar-refractivity contribution in [1.29, 1.82) is 0 Å². The summed E-state index contributed by atoms with van der Waals surface area (Å²) in [6.07, 6.45) is 0. The van der Waals surface area contributed by atoms with Crippen molar-refractivity contribution in [1.82, 2.24) is 15.3 Å². The number of rotatable bonds is 2. The van der Waals surface area contributed by atoms with Crippen LogP contribution in [-0.4, -0.2) is 21.9 Å². The van der Waals surface area contributed by atoms with Crippen molar-refractivity contribution in [3.05, 3.63) is 48.0 Å². The summed E-state index contributed by atoms with van der Waals surface area (Å²) in [4.78, 5) is 21.4. The molecule has 4 heteroatoms. The van der Waals surface area contributed by atoms with E-state index in [9.17, 15) is 4.79 Å². The van der Waals surface area contributed by atoms with Gasteiger partial charge in [0.15, 0.2) is 0 Å². The molecular weight excluding hydrogens is 250 g/mol. The quantitative estimate of drug-likeness (QED) is 0.725. The van der Waals surface area contributed by atoms with Crippen LogP contribution in [0.2, 0.25) is 0 Å². The Hall–Kier alpha value is -2.49. The molecule has 100 valence electrons. The van der Waals surface area contributed by atoms with E-state index in [1.54, 1.807) is 6.07 Å². The van der Waals surface area contributed by atoms with Crippen LogP contribution < -0.4 is 5.32 Å². The number of hydrogen-bond donors (Lipinski definition) is 1. The molecule has 0 spiro atoms. The van der Waals surface area contributed by atoms with Crippen LogP contribution in [0.1, 0.15) is 24.2 Å². The van der Waals surface area contributed by atoms with E-state index in [4.69, 9.17) is 0 Å². The van der Waals surface area contributed by atoms with E-state index in [2.05, 4.69) is 15.3 Å². The summed E-state index contributed by atoms with van der Waals surface area (Å²) in [7, 11) is 0. The van der Waals surface area contributed by atoms with Gasteiger partial charge in [0.1, 0.15) is 5.52 Å². The third kappa shape index (κ3) is 2.20. The molecule has 1 N–H and O–H groups in total. The van der Waals surface area contributed by atoms with Crippen LogP contribution in [0.3, 0.4) is 0 Å². The number of carbonyl (C=O) groups excluding carboxylic acids is 1. The maximum Gasteiger partial charge on any atom is 0.253 e. The Morgan fingerprint density at radius 3 is 2.30 bits per heavy atom. The van der Waals surface area contributed by atoms with Crippen LogP contribution in [0.4, 0.5) is 0 Å². The minimum Gasteiger partial charge on any atom is -0.350 e. The van der Waals surface area contributed by atoms with Crippen LogP contribution in [-0.2, 0) is 0 Å². The Morgan fingerprint density at radius 1 is 0.950 bits per heavy atom. The number of hydrogen-bond acceptors (Lipinski definition) is 3. The molecule has 20 heavy (non-hydrogen) atoms. The van der Waals surface area contributed by atoms with Gasteiger partial charge in [-0.25, -0.2) is 9.97 Å². The molecule has 4 nitrogen and oxygen atoms in total. The fraction of sp³-hybridized carbons (Fsp3) is 0.188. The van der Waals surface area contributed by atoms with Crippen LogP contribution in [0.15, 0.2) is 42.5 Å². The summed E-state index contributed by atoms with van der Waals surface area (Å²) in [6.45, 7) is 3.87. The van der Waals surface area contributed by atoms with E-state index in [0.717, 1.165) is 16.6 Å². The number of aromatic nitrogens is 2. The molecule has 0 aliphatic rings. The van der Waals surface area contributed by atoms with Gasteiger partial charge in [0.2, 0.25) is 0 Å². The summed E-state index contributed by atoms with van der Waals surface area (Å²) >= 11 is 0. The molecule has 1 heterocycles. The lowest BCUT2D eigenvalue weighted by atomic mass is 10.1. The smallest absolute Gasteiger partial charge is 0.253 e. The van der Waals surface area contributed by atoms with Crippen LogP contribution in [0, 0.1) is 0 Å². The predicted octanol–water partition coefficient (Wildman–Crippen LogP) is 2.92. The highest BCUT2D eigenvalue weighted by atomic mass is 16.1. The summed E-state index contributed by atoms with van der Waals surface area (Å²) in [5, 5.41) is 2.89. The van der Waals surface area contributed by atoms with Crippen LogP contribution >= 0.6 is 0 Å². The normalized spacial score (nSPS) is 11.2. The molecule has 0 fully saturated rings. The molecule has 3 aromatic rings. The Kier molecular flexibility index (Phi) is 3.06. The van der Waals surface area contributed by atoms with Crippen molar-refractivity contribution in [3.63, 3.8) is 0 Å². The minimum atomic E-state index is -0.116. The van der Waals surface area contributed by atoms with Gasteiger partial charge in [-0.2, -0.15) is 0 Å². The van der Waals surface area contributed by atoms with Crippen molar-refractivity contribution < 1.29 is 4.79 Å². The first-order valence-electron chi connectivity index (χ1n) is 6.61. The molecule has 1 amide bonds. The third-order valence-electron chi connectivity index (χ3n) is 3.03. The van der Waals surface area contributed by atoms with Gasteiger partial charge >= 0.3 is 0 Å². The number of nitrogens with zero attached hydrogens (tertiary/aromatic N) is 2. The highest BCUT2D eigenvalue weighted by Gasteiger charge is 2.13. The average molecular weight is 265 g/mol. The zero-order valence-electron chi connectivity index (χ0n) is 11.4. The predicted molar refractivity (Wildman–Crippen MR) is 79.6 cm³/mol. The lowest BCUT2D eigenvalue weighted by molar-refractivity contribution is 0.0944. The standard InChI is InChI=1S/C16H15N3O/c1-10(2)17-16(20)11-6-5-9-14-15(11)19-13-8-4-3-7-12(13)18-14/h3-10H,1-2H3,(H,17,20). The summed E-state index contributed by atoms with van der Waals surface area (Å²) in [5.74, 6) is -0.116. The Balaban J connectivity index is 2.22. The molecule has 0 atom stereocenters. The highest BCUT2D eigenvalue weighted by Crippen LogP contribution is 2.19. The van der Waals surface area contributed by atoms with Crippen molar-refractivity contribution >= 4 is 28.0 Å². The van der Waals surface area contributed by atoms with Crippen molar-refractivity contribution in [2.24, 2.45) is 0 Å². The largest absolute Gasteiger partial charge is 0.350 e. The highest BCUT2D eigenvalue weighted by molar-refractivity contribution is 6.06. The first-order chi connectivity index (χ1) is 9.65. The molecule has 0 unspecified atom stereocenters. The van der Waals surface area contributed by atoms with Crippen molar-refractivity contribution in [2.75, 3.05) is 0 Å². The van der Waals surface area contributed by atoms with Gasteiger partial charge in [-0.05, 0) is 38.1 Å². The first-order valence-corrected chi connectivity index (χ1v) is 6.61. The average Bonchev–Trinajstić information content (AvgIpc) is 2.43. The molecule has 0 saturated carbocycles. The van der Waals surface area contributed by atoms with E-state index >= 15 is 0 Å². The number of carbonyl (C=O) groups is 1. The van der Waals surface area contributed by atoms with Gasteiger partial charge in [-0.3, -0.25) is 4.79 Å². The van der Waals surface area contributed by atoms with Crippen molar-refractivity contribution in [2.45, 2.75) is 19.9 Å². The summed E-state index contributed by atoms with van der Waals surface area (Å²) in [6, 6.07) is 13.2. The molecule has 3 rings (SSSR count). The molecule has 0 saturated heterocycles. The zero-order valence-corrected chi connectivity index (χ0v) is 11.4. The minimum absolute atomic E-state index is 0.0890. The van der Waals surface area contributed by atoms with Crippen LogP contribution in [0.5, 0.6) is 0 Å². The number of nitrogens with one attached hydrogen (secondary N) is 1. The van der Waals surface area contributed by atoms with Gasteiger partial charge in [0.25, 0.3) is 5.91 Å². The second-order valence-electron chi connectivity index (χ2n) is 5.01. The number of fused-ring (bicyclic) bond motifs is 2. The van der Waals surface area contributed by atoms with E-state index in [0.29, 0.717) is 11.1 Å². The Morgan fingerprint density at radius 2 is 1.60 bits per heavy atom. The van der Waals surface area contributed by atoms with Gasteiger partial charge in [0.05, 0.1) is 22.1 Å². The lowest BCUT2D eigenvalue weighted by Gasteiger charge is -2.10. The summed E-state index contributed by atoms with van der Waals surface area (Å²) in [5.41, 5.74) is 3.57. The van der Waals surface area contributed by atoms with E-state index in [1.807, 2.05) is 50.2 Å². The summed E-state index contributed by atoms with van der Waals surface area (Å²) < 4.78 is 0. The number of para-hydroxylation sites is 3. The third-order valence-corrected chi connectivity index (χ3v) is 3.03. The van der Waals surface area contributed by atoms with Gasteiger partial charge in [0, 0.05) is 6.04 Å². The fourth-order valence-electron chi connectivity index (χ4n) is 2.17. The monoisotopic (exact) mass is 265 g/mol. The Labute approximate surface area is 116 Å². The second-order valence-corrected chi connectivity index (χ2v) is 5.01. The molecule has 0 bridgehead atoms. The molecule has 0 aliphatic carbocycles. The van der Waals surface area contributed by atoms with E-state index in [-0.39, 0.29) is 11.9 Å². The van der Waals surface area contributed by atoms with Gasteiger partial charge in [-0.1, -0.05) is 18.2 Å².